The SMILES string of the molecule is CC1(C)C(CNc2cnccc2C(N)=S)C1(C)C. The van der Waals surface area contributed by atoms with Crippen LogP contribution in [0.4, 0.5) is 5.69 Å². The second-order valence-electron chi connectivity index (χ2n) is 6.16. The Balaban J connectivity index is 2.07. The molecule has 0 atom stereocenters. The Kier molecular flexibility index (Phi) is 3.09. The molecule has 0 amide bonds. The molecule has 4 heteroatoms. The van der Waals surface area contributed by atoms with E-state index in [2.05, 4.69) is 38.0 Å². The molecule has 0 radical (unpaired) electrons. The standard InChI is InChI=1S/C14H21N3S/c1-13(2)11(14(13,3)4)8-17-10-7-16-6-5-9(10)12(15)18/h5-7,11,17H,8H2,1-4H3,(H2,15,18). The van der Waals surface area contributed by atoms with Crippen molar-refractivity contribution in [3.8, 4) is 0 Å². The van der Waals surface area contributed by atoms with E-state index >= 15 is 0 Å². The molecule has 0 spiro atoms. The molecule has 1 aromatic heterocycles. The molecule has 2 rings (SSSR count). The highest BCUT2D eigenvalue weighted by Gasteiger charge is 2.64. The number of anilines is 1. The van der Waals surface area contributed by atoms with E-state index in [-0.39, 0.29) is 0 Å². The van der Waals surface area contributed by atoms with Crippen LogP contribution in [-0.4, -0.2) is 16.5 Å². The van der Waals surface area contributed by atoms with Crippen LogP contribution in [0.15, 0.2) is 18.5 Å². The largest absolute Gasteiger partial charge is 0.389 e. The number of rotatable bonds is 4. The Bertz CT molecular complexity index is 466. The van der Waals surface area contributed by atoms with Gasteiger partial charge in [0.1, 0.15) is 4.99 Å². The van der Waals surface area contributed by atoms with Gasteiger partial charge in [0.2, 0.25) is 0 Å². The number of pyridine rings is 1. The molecule has 18 heavy (non-hydrogen) atoms. The van der Waals surface area contributed by atoms with Gasteiger partial charge in [-0.15, -0.1) is 0 Å². The lowest BCUT2D eigenvalue weighted by Gasteiger charge is -2.11. The molecule has 0 aliphatic heterocycles. The summed E-state index contributed by atoms with van der Waals surface area (Å²) in [5.41, 5.74) is 8.27. The van der Waals surface area contributed by atoms with Crippen molar-refractivity contribution in [2.45, 2.75) is 27.7 Å². The lowest BCUT2D eigenvalue weighted by molar-refractivity contribution is 0.457. The van der Waals surface area contributed by atoms with Crippen LogP contribution < -0.4 is 11.1 Å². The summed E-state index contributed by atoms with van der Waals surface area (Å²) in [6, 6.07) is 1.86. The van der Waals surface area contributed by atoms with Crippen LogP contribution >= 0.6 is 12.2 Å². The molecule has 1 aliphatic carbocycles. The maximum atomic E-state index is 5.71. The zero-order valence-electron chi connectivity index (χ0n) is 11.4. The van der Waals surface area contributed by atoms with Crippen molar-refractivity contribution in [2.24, 2.45) is 22.5 Å². The van der Waals surface area contributed by atoms with E-state index in [0.717, 1.165) is 17.8 Å². The minimum atomic E-state index is 0.381. The van der Waals surface area contributed by atoms with Crippen molar-refractivity contribution in [3.63, 3.8) is 0 Å². The zero-order chi connectivity index (χ0) is 13.6. The fourth-order valence-corrected chi connectivity index (χ4v) is 2.98. The Hall–Kier alpha value is -1.16. The van der Waals surface area contributed by atoms with E-state index in [1.165, 1.54) is 0 Å². The van der Waals surface area contributed by atoms with Crippen LogP contribution in [0.1, 0.15) is 33.3 Å². The lowest BCUT2D eigenvalue weighted by Crippen LogP contribution is -2.15. The molecule has 0 aromatic carbocycles. The minimum absolute atomic E-state index is 0.381. The van der Waals surface area contributed by atoms with E-state index in [1.807, 2.05) is 6.07 Å². The second-order valence-corrected chi connectivity index (χ2v) is 6.60. The molecular weight excluding hydrogens is 242 g/mol. The number of aromatic nitrogens is 1. The van der Waals surface area contributed by atoms with Gasteiger partial charge >= 0.3 is 0 Å². The smallest absolute Gasteiger partial charge is 0.106 e. The summed E-state index contributed by atoms with van der Waals surface area (Å²) in [6.07, 6.45) is 3.50. The number of hydrogen-bond acceptors (Lipinski definition) is 3. The number of nitrogens with zero attached hydrogens (tertiary/aromatic N) is 1. The molecule has 3 N–H and O–H groups in total. The molecule has 0 saturated heterocycles. The Labute approximate surface area is 114 Å². The predicted octanol–water partition coefficient (Wildman–Crippen LogP) is 2.81. The average molecular weight is 263 g/mol. The summed E-state index contributed by atoms with van der Waals surface area (Å²) in [6.45, 7) is 10.2. The monoisotopic (exact) mass is 263 g/mol. The van der Waals surface area contributed by atoms with Crippen LogP contribution in [-0.2, 0) is 0 Å². The summed E-state index contributed by atoms with van der Waals surface area (Å²) in [7, 11) is 0. The van der Waals surface area contributed by atoms with E-state index in [1.54, 1.807) is 12.4 Å². The van der Waals surface area contributed by atoms with Crippen molar-refractivity contribution >= 4 is 22.9 Å². The van der Waals surface area contributed by atoms with Gasteiger partial charge in [0.15, 0.2) is 0 Å². The average Bonchev–Trinajstić information content (AvgIpc) is 2.67. The third-order valence-electron chi connectivity index (χ3n) is 4.90. The fourth-order valence-electron chi connectivity index (χ4n) is 2.81. The van der Waals surface area contributed by atoms with Crippen molar-refractivity contribution in [1.82, 2.24) is 4.98 Å². The molecule has 3 nitrogen and oxygen atoms in total. The summed E-state index contributed by atoms with van der Waals surface area (Å²) in [5, 5.41) is 3.44. The first-order valence-electron chi connectivity index (χ1n) is 6.26. The van der Waals surface area contributed by atoms with Gasteiger partial charge in [-0.2, -0.15) is 0 Å². The van der Waals surface area contributed by atoms with Gasteiger partial charge in [0.25, 0.3) is 0 Å². The van der Waals surface area contributed by atoms with Crippen molar-refractivity contribution < 1.29 is 0 Å². The third-order valence-corrected chi connectivity index (χ3v) is 5.12. The van der Waals surface area contributed by atoms with Crippen molar-refractivity contribution in [2.75, 3.05) is 11.9 Å². The third kappa shape index (κ3) is 1.99. The predicted molar refractivity (Wildman–Crippen MR) is 79.7 cm³/mol. The maximum Gasteiger partial charge on any atom is 0.106 e. The van der Waals surface area contributed by atoms with Crippen LogP contribution in [0.25, 0.3) is 0 Å². The zero-order valence-corrected chi connectivity index (χ0v) is 12.3. The molecule has 1 aliphatic rings. The normalized spacial score (nSPS) is 20.4. The number of nitrogens with two attached hydrogens (primary N) is 1. The van der Waals surface area contributed by atoms with Gasteiger partial charge in [-0.3, -0.25) is 4.98 Å². The van der Waals surface area contributed by atoms with Crippen molar-refractivity contribution in [1.29, 1.82) is 0 Å². The van der Waals surface area contributed by atoms with Gasteiger partial charge in [0, 0.05) is 18.3 Å². The molecule has 1 fully saturated rings. The van der Waals surface area contributed by atoms with Gasteiger partial charge in [0.05, 0.1) is 11.9 Å². The van der Waals surface area contributed by atoms with E-state index in [0.29, 0.717) is 21.7 Å². The van der Waals surface area contributed by atoms with Gasteiger partial charge < -0.3 is 11.1 Å². The second kappa shape index (κ2) is 4.19. The van der Waals surface area contributed by atoms with E-state index in [4.69, 9.17) is 18.0 Å². The summed E-state index contributed by atoms with van der Waals surface area (Å²) in [4.78, 5) is 4.53. The molecular formula is C14H21N3S. The molecule has 1 saturated carbocycles. The molecule has 98 valence electrons. The van der Waals surface area contributed by atoms with Gasteiger partial charge in [-0.05, 0) is 22.8 Å². The number of thiocarbonyl (C=S) groups is 1. The van der Waals surface area contributed by atoms with Crippen LogP contribution in [0.3, 0.4) is 0 Å². The van der Waals surface area contributed by atoms with Crippen LogP contribution in [0.5, 0.6) is 0 Å². The molecule has 1 heterocycles. The highest BCUT2D eigenvalue weighted by molar-refractivity contribution is 7.80. The van der Waals surface area contributed by atoms with Gasteiger partial charge in [-0.25, -0.2) is 0 Å². The van der Waals surface area contributed by atoms with Crippen LogP contribution in [0.2, 0.25) is 0 Å². The first-order chi connectivity index (χ1) is 8.28. The van der Waals surface area contributed by atoms with E-state index < -0.39 is 0 Å². The minimum Gasteiger partial charge on any atom is -0.389 e. The highest BCUT2D eigenvalue weighted by atomic mass is 32.1. The van der Waals surface area contributed by atoms with E-state index in [9.17, 15) is 0 Å². The Morgan fingerprint density at radius 1 is 1.39 bits per heavy atom. The summed E-state index contributed by atoms with van der Waals surface area (Å²) < 4.78 is 0. The van der Waals surface area contributed by atoms with Crippen molar-refractivity contribution in [3.05, 3.63) is 24.0 Å². The molecule has 1 aromatic rings. The topological polar surface area (TPSA) is 50.9 Å². The fraction of sp³-hybridized carbons (Fsp3) is 0.571. The molecule has 0 unspecified atom stereocenters. The van der Waals surface area contributed by atoms with Crippen LogP contribution in [0, 0.1) is 16.7 Å². The quantitative estimate of drug-likeness (QED) is 0.820. The Morgan fingerprint density at radius 2 is 2.00 bits per heavy atom. The van der Waals surface area contributed by atoms with Gasteiger partial charge in [-0.1, -0.05) is 39.9 Å². The number of hydrogen-bond donors (Lipinski definition) is 2. The maximum absolute atomic E-state index is 5.71. The highest BCUT2D eigenvalue weighted by Crippen LogP contribution is 2.68. The first kappa shape index (κ1) is 13.3. The Morgan fingerprint density at radius 3 is 2.50 bits per heavy atom. The summed E-state index contributed by atoms with van der Waals surface area (Å²) in [5.74, 6) is 0.657. The lowest BCUT2D eigenvalue weighted by atomic mass is 10.0. The summed E-state index contributed by atoms with van der Waals surface area (Å²) >= 11 is 5.05. The first-order valence-corrected chi connectivity index (χ1v) is 6.67. The molecule has 0 bridgehead atoms. The number of nitrogens with one attached hydrogen (secondary N) is 1.